The highest BCUT2D eigenvalue weighted by Crippen LogP contribution is 2.23. The van der Waals surface area contributed by atoms with Gasteiger partial charge in [0.1, 0.15) is 18.0 Å². The summed E-state index contributed by atoms with van der Waals surface area (Å²) in [4.78, 5) is 33.7. The van der Waals surface area contributed by atoms with Gasteiger partial charge in [-0.3, -0.25) is 9.59 Å². The van der Waals surface area contributed by atoms with Crippen LogP contribution in [0.25, 0.3) is 10.9 Å². The van der Waals surface area contributed by atoms with Crippen molar-refractivity contribution in [3.63, 3.8) is 0 Å². The Labute approximate surface area is 161 Å². The van der Waals surface area contributed by atoms with E-state index in [4.69, 9.17) is 0 Å². The maximum atomic E-state index is 13.7. The smallest absolute Gasteiger partial charge is 0.243 e. The van der Waals surface area contributed by atoms with E-state index >= 15 is 0 Å². The Balaban J connectivity index is 1.73. The molecule has 0 spiro atoms. The van der Waals surface area contributed by atoms with Crippen LogP contribution in [0, 0.1) is 5.82 Å². The molecule has 28 heavy (non-hydrogen) atoms. The van der Waals surface area contributed by atoms with Gasteiger partial charge in [0.2, 0.25) is 11.8 Å². The summed E-state index contributed by atoms with van der Waals surface area (Å²) in [6.45, 7) is 3.88. The second-order valence-corrected chi connectivity index (χ2v) is 6.18. The molecular formula is C20H20FN5O2. The van der Waals surface area contributed by atoms with E-state index in [1.54, 1.807) is 35.2 Å². The van der Waals surface area contributed by atoms with Crippen molar-refractivity contribution >= 4 is 39.9 Å². The molecule has 0 aliphatic heterocycles. The van der Waals surface area contributed by atoms with Gasteiger partial charge in [0, 0.05) is 30.2 Å². The number of rotatable bonds is 6. The average molecular weight is 381 g/mol. The summed E-state index contributed by atoms with van der Waals surface area (Å²) in [5.74, 6) is -0.285. The molecule has 144 valence electrons. The van der Waals surface area contributed by atoms with Gasteiger partial charge in [-0.25, -0.2) is 14.4 Å². The number of likely N-dealkylation sites (N-methyl/N-ethyl adjacent to an activating group) is 1. The quantitative estimate of drug-likeness (QED) is 0.685. The molecule has 1 heterocycles. The van der Waals surface area contributed by atoms with Gasteiger partial charge in [-0.1, -0.05) is 0 Å². The van der Waals surface area contributed by atoms with Crippen molar-refractivity contribution in [3.05, 3.63) is 54.6 Å². The molecule has 0 bridgehead atoms. The van der Waals surface area contributed by atoms with Gasteiger partial charge in [0.15, 0.2) is 0 Å². The summed E-state index contributed by atoms with van der Waals surface area (Å²) < 4.78 is 13.7. The van der Waals surface area contributed by atoms with E-state index in [0.29, 0.717) is 34.6 Å². The number of benzene rings is 2. The minimum Gasteiger partial charge on any atom is -0.347 e. The lowest BCUT2D eigenvalue weighted by atomic mass is 10.2. The molecule has 2 aromatic carbocycles. The number of hydrogen-bond acceptors (Lipinski definition) is 5. The van der Waals surface area contributed by atoms with Crippen LogP contribution in [0.2, 0.25) is 0 Å². The number of amides is 2. The maximum Gasteiger partial charge on any atom is 0.243 e. The monoisotopic (exact) mass is 381 g/mol. The lowest BCUT2D eigenvalue weighted by Crippen LogP contribution is -2.33. The fraction of sp³-hybridized carbons (Fsp3) is 0.200. The molecule has 1 aromatic heterocycles. The van der Waals surface area contributed by atoms with Crippen LogP contribution in [-0.4, -0.2) is 34.9 Å². The van der Waals surface area contributed by atoms with Crippen LogP contribution in [0.3, 0.4) is 0 Å². The molecule has 0 aliphatic rings. The molecular weight excluding hydrogens is 361 g/mol. The normalized spacial score (nSPS) is 10.5. The largest absolute Gasteiger partial charge is 0.347 e. The van der Waals surface area contributed by atoms with E-state index < -0.39 is 0 Å². The average Bonchev–Trinajstić information content (AvgIpc) is 2.67. The van der Waals surface area contributed by atoms with Gasteiger partial charge >= 0.3 is 0 Å². The van der Waals surface area contributed by atoms with Gasteiger partial charge in [-0.05, 0) is 49.4 Å². The van der Waals surface area contributed by atoms with Crippen LogP contribution >= 0.6 is 0 Å². The molecule has 3 aromatic rings. The van der Waals surface area contributed by atoms with Crippen LogP contribution in [0.1, 0.15) is 13.8 Å². The van der Waals surface area contributed by atoms with Crippen molar-refractivity contribution < 1.29 is 14.0 Å². The summed E-state index contributed by atoms with van der Waals surface area (Å²) in [7, 11) is 0. The van der Waals surface area contributed by atoms with E-state index in [1.165, 1.54) is 25.4 Å². The van der Waals surface area contributed by atoms with E-state index in [0.717, 1.165) is 0 Å². The van der Waals surface area contributed by atoms with Gasteiger partial charge in [-0.2, -0.15) is 0 Å². The maximum absolute atomic E-state index is 13.7. The van der Waals surface area contributed by atoms with E-state index in [-0.39, 0.29) is 24.2 Å². The third-order valence-electron chi connectivity index (χ3n) is 4.08. The Morgan fingerprint density at radius 1 is 1.04 bits per heavy atom. The number of nitrogens with zero attached hydrogens (tertiary/aromatic N) is 3. The van der Waals surface area contributed by atoms with Gasteiger partial charge in [0.05, 0.1) is 12.1 Å². The standard InChI is InChI=1S/C20H20FN5O2/c1-3-26(20-17-10-14(21)4-9-18(17)22-12-23-20)11-19(28)25-16-7-5-15(6-8-16)24-13(2)27/h4-10,12H,3,11H2,1-2H3,(H,24,27)(H,25,28). The Bertz CT molecular complexity index is 1010. The lowest BCUT2D eigenvalue weighted by Gasteiger charge is -2.22. The number of nitrogens with one attached hydrogen (secondary N) is 2. The van der Waals surface area contributed by atoms with Crippen molar-refractivity contribution in [2.75, 3.05) is 28.6 Å². The Kier molecular flexibility index (Phi) is 5.78. The van der Waals surface area contributed by atoms with Crippen molar-refractivity contribution in [1.29, 1.82) is 0 Å². The number of halogens is 1. The predicted octanol–water partition coefficient (Wildman–Crippen LogP) is 3.19. The van der Waals surface area contributed by atoms with Crippen molar-refractivity contribution in [3.8, 4) is 0 Å². The SMILES string of the molecule is CCN(CC(=O)Nc1ccc(NC(C)=O)cc1)c1ncnc2ccc(F)cc12. The van der Waals surface area contributed by atoms with Crippen LogP contribution in [0.4, 0.5) is 21.6 Å². The summed E-state index contributed by atoms with van der Waals surface area (Å²) in [5, 5.41) is 6.02. The van der Waals surface area contributed by atoms with E-state index in [1.807, 2.05) is 6.92 Å². The second-order valence-electron chi connectivity index (χ2n) is 6.18. The molecule has 0 saturated carbocycles. The highest BCUT2D eigenvalue weighted by molar-refractivity contribution is 5.97. The first-order valence-corrected chi connectivity index (χ1v) is 8.79. The molecule has 0 radical (unpaired) electrons. The Morgan fingerprint density at radius 3 is 2.36 bits per heavy atom. The minimum atomic E-state index is -0.386. The van der Waals surface area contributed by atoms with Crippen LogP contribution < -0.4 is 15.5 Å². The third kappa shape index (κ3) is 4.59. The van der Waals surface area contributed by atoms with Crippen molar-refractivity contribution in [2.24, 2.45) is 0 Å². The van der Waals surface area contributed by atoms with E-state index in [9.17, 15) is 14.0 Å². The predicted molar refractivity (Wildman–Crippen MR) is 107 cm³/mol. The first kappa shape index (κ1) is 19.2. The van der Waals surface area contributed by atoms with Gasteiger partial charge in [-0.15, -0.1) is 0 Å². The Morgan fingerprint density at radius 2 is 1.71 bits per heavy atom. The topological polar surface area (TPSA) is 87.2 Å². The first-order valence-electron chi connectivity index (χ1n) is 8.79. The molecule has 2 N–H and O–H groups in total. The molecule has 0 fully saturated rings. The number of carbonyl (C=O) groups excluding carboxylic acids is 2. The highest BCUT2D eigenvalue weighted by atomic mass is 19.1. The van der Waals surface area contributed by atoms with E-state index in [2.05, 4.69) is 20.6 Å². The summed E-state index contributed by atoms with van der Waals surface area (Å²) in [6.07, 6.45) is 1.40. The fourth-order valence-corrected chi connectivity index (χ4v) is 2.82. The minimum absolute atomic E-state index is 0.0482. The van der Waals surface area contributed by atoms with Gasteiger partial charge in [0.25, 0.3) is 0 Å². The van der Waals surface area contributed by atoms with Crippen LogP contribution in [0.5, 0.6) is 0 Å². The van der Waals surface area contributed by atoms with Gasteiger partial charge < -0.3 is 15.5 Å². The zero-order valence-corrected chi connectivity index (χ0v) is 15.6. The molecule has 7 nitrogen and oxygen atoms in total. The highest BCUT2D eigenvalue weighted by Gasteiger charge is 2.15. The molecule has 8 heteroatoms. The summed E-state index contributed by atoms with van der Waals surface area (Å²) in [5.41, 5.74) is 1.86. The molecule has 0 unspecified atom stereocenters. The van der Waals surface area contributed by atoms with Crippen molar-refractivity contribution in [2.45, 2.75) is 13.8 Å². The third-order valence-corrected chi connectivity index (χ3v) is 4.08. The molecule has 0 aliphatic carbocycles. The number of fused-ring (bicyclic) bond motifs is 1. The zero-order chi connectivity index (χ0) is 20.1. The Hall–Kier alpha value is -3.55. The number of hydrogen-bond donors (Lipinski definition) is 2. The van der Waals surface area contributed by atoms with Crippen LogP contribution in [0.15, 0.2) is 48.8 Å². The molecule has 0 saturated heterocycles. The molecule has 2 amide bonds. The zero-order valence-electron chi connectivity index (χ0n) is 15.6. The molecule has 3 rings (SSSR count). The van der Waals surface area contributed by atoms with Crippen LogP contribution in [-0.2, 0) is 9.59 Å². The number of aromatic nitrogens is 2. The lowest BCUT2D eigenvalue weighted by molar-refractivity contribution is -0.115. The van der Waals surface area contributed by atoms with Crippen molar-refractivity contribution in [1.82, 2.24) is 9.97 Å². The summed E-state index contributed by atoms with van der Waals surface area (Å²) >= 11 is 0. The number of anilines is 3. The fourth-order valence-electron chi connectivity index (χ4n) is 2.82. The number of carbonyl (C=O) groups is 2. The first-order chi connectivity index (χ1) is 13.5. The summed E-state index contributed by atoms with van der Waals surface area (Å²) in [6, 6.07) is 11.1. The molecule has 0 atom stereocenters. The second kappa shape index (κ2) is 8.43.